The van der Waals surface area contributed by atoms with Gasteiger partial charge in [-0.25, -0.2) is 4.79 Å². The molecule has 0 aliphatic heterocycles. The fraction of sp³-hybridized carbons (Fsp3) is 0.429. The molecule has 0 aliphatic carbocycles. The van der Waals surface area contributed by atoms with E-state index in [0.717, 1.165) is 0 Å². The molecule has 1 unspecified atom stereocenters. The highest BCUT2D eigenvalue weighted by Crippen LogP contribution is 2.21. The maximum atomic E-state index is 11.7. The summed E-state index contributed by atoms with van der Waals surface area (Å²) in [7, 11) is 0. The Hall–Kier alpha value is -2.04. The lowest BCUT2D eigenvalue weighted by atomic mass is 9.94. The minimum atomic E-state index is -1.20. The third-order valence-corrected chi connectivity index (χ3v) is 2.46. The summed E-state index contributed by atoms with van der Waals surface area (Å²) in [6.45, 7) is 6.79. The molecule has 0 saturated heterocycles. The van der Waals surface area contributed by atoms with Crippen LogP contribution in [0.4, 0.5) is 4.79 Å². The summed E-state index contributed by atoms with van der Waals surface area (Å²) in [5.41, 5.74) is -1.27. The summed E-state index contributed by atoms with van der Waals surface area (Å²) >= 11 is 0. The number of benzene rings is 1. The first kappa shape index (κ1) is 15.0. The van der Waals surface area contributed by atoms with Gasteiger partial charge in [-0.2, -0.15) is 0 Å². The van der Waals surface area contributed by atoms with Crippen molar-refractivity contribution in [3.63, 3.8) is 0 Å². The van der Waals surface area contributed by atoms with E-state index in [-0.39, 0.29) is 5.75 Å². The first-order valence-electron chi connectivity index (χ1n) is 5.93. The summed E-state index contributed by atoms with van der Waals surface area (Å²) in [6.07, 6.45) is -0.0429. The zero-order valence-corrected chi connectivity index (χ0v) is 11.6. The van der Waals surface area contributed by atoms with Crippen molar-refractivity contribution in [3.05, 3.63) is 29.8 Å². The van der Waals surface area contributed by atoms with Gasteiger partial charge in [0.2, 0.25) is 0 Å². The van der Waals surface area contributed by atoms with Crippen molar-refractivity contribution in [2.75, 3.05) is 0 Å². The highest BCUT2D eigenvalue weighted by atomic mass is 16.6. The minimum absolute atomic E-state index is 0.0919. The van der Waals surface area contributed by atoms with Gasteiger partial charge in [0.1, 0.15) is 23.2 Å². The van der Waals surface area contributed by atoms with E-state index < -0.39 is 17.2 Å². The second-order valence-corrected chi connectivity index (χ2v) is 5.49. The van der Waals surface area contributed by atoms with Crippen LogP contribution in [0.1, 0.15) is 33.3 Å². The Labute approximate surface area is 112 Å². The number of rotatable bonds is 3. The van der Waals surface area contributed by atoms with Crippen LogP contribution in [0.5, 0.6) is 5.75 Å². The summed E-state index contributed by atoms with van der Waals surface area (Å²) in [5.74, 6) is 0.0919. The number of aromatic hydroxyl groups is 1. The Morgan fingerprint density at radius 3 is 2.16 bits per heavy atom. The maximum Gasteiger partial charge on any atom is 0.408 e. The topological polar surface area (TPSA) is 75.6 Å². The van der Waals surface area contributed by atoms with Gasteiger partial charge in [0.15, 0.2) is 0 Å². The zero-order chi connectivity index (χ0) is 14.7. The predicted octanol–water partition coefficient (Wildman–Crippen LogP) is 2.33. The van der Waals surface area contributed by atoms with Gasteiger partial charge < -0.3 is 20.0 Å². The molecule has 5 nitrogen and oxygen atoms in total. The van der Waals surface area contributed by atoms with E-state index in [0.29, 0.717) is 11.8 Å². The fourth-order valence-electron chi connectivity index (χ4n) is 1.49. The quantitative estimate of drug-likeness (QED) is 0.822. The second-order valence-electron chi connectivity index (χ2n) is 5.49. The smallest absolute Gasteiger partial charge is 0.408 e. The van der Waals surface area contributed by atoms with E-state index in [2.05, 4.69) is 5.32 Å². The van der Waals surface area contributed by atoms with Gasteiger partial charge in [0.05, 0.1) is 0 Å². The lowest BCUT2D eigenvalue weighted by molar-refractivity contribution is -0.113. The van der Waals surface area contributed by atoms with Crippen LogP contribution < -0.4 is 5.32 Å². The van der Waals surface area contributed by atoms with Crippen molar-refractivity contribution in [1.29, 1.82) is 0 Å². The summed E-state index contributed by atoms with van der Waals surface area (Å²) in [4.78, 5) is 23.0. The molecular weight excluding hydrogens is 246 g/mol. The van der Waals surface area contributed by atoms with E-state index in [1.807, 2.05) is 0 Å². The average molecular weight is 265 g/mol. The molecule has 1 aromatic carbocycles. The fourth-order valence-corrected chi connectivity index (χ4v) is 1.49. The number of nitrogens with one attached hydrogen (secondary N) is 1. The molecule has 0 spiro atoms. The molecule has 0 saturated carbocycles. The molecule has 5 heteroatoms. The molecule has 1 amide bonds. The number of hydrogen-bond acceptors (Lipinski definition) is 4. The van der Waals surface area contributed by atoms with Crippen LogP contribution >= 0.6 is 0 Å². The standard InChI is InChI=1S/C14H19NO4/c1-13(2,3)19-12(18)15-14(4,9-16)10-5-7-11(17)8-6-10/h5-9,17H,1-4H3,(H,15,18). The molecule has 1 atom stereocenters. The molecule has 0 aliphatic rings. The SMILES string of the molecule is CC(C)(C)OC(=O)NC(C)(C=O)c1ccc(O)cc1. The number of phenolic OH excluding ortho intramolecular Hbond substituents is 1. The average Bonchev–Trinajstić information content (AvgIpc) is 2.26. The molecule has 104 valence electrons. The number of phenols is 1. The molecule has 0 aromatic heterocycles. The van der Waals surface area contributed by atoms with Crippen molar-refractivity contribution in [2.45, 2.75) is 38.8 Å². The number of alkyl carbamates (subject to hydrolysis) is 1. The van der Waals surface area contributed by atoms with Gasteiger partial charge in [-0.05, 0) is 45.4 Å². The largest absolute Gasteiger partial charge is 0.508 e. The molecule has 0 fully saturated rings. The Morgan fingerprint density at radius 2 is 1.74 bits per heavy atom. The number of amides is 1. The van der Waals surface area contributed by atoms with Gasteiger partial charge in [-0.15, -0.1) is 0 Å². The van der Waals surface area contributed by atoms with Crippen LogP contribution in [-0.4, -0.2) is 23.1 Å². The van der Waals surface area contributed by atoms with Crippen molar-refractivity contribution < 1.29 is 19.4 Å². The van der Waals surface area contributed by atoms with Crippen molar-refractivity contribution in [3.8, 4) is 5.75 Å². The first-order chi connectivity index (χ1) is 8.66. The van der Waals surface area contributed by atoms with Gasteiger partial charge >= 0.3 is 6.09 Å². The van der Waals surface area contributed by atoms with E-state index in [4.69, 9.17) is 4.74 Å². The first-order valence-corrected chi connectivity index (χ1v) is 5.93. The van der Waals surface area contributed by atoms with Gasteiger partial charge in [-0.1, -0.05) is 12.1 Å². The number of hydrogen-bond donors (Lipinski definition) is 2. The van der Waals surface area contributed by atoms with Crippen molar-refractivity contribution in [1.82, 2.24) is 5.32 Å². The lowest BCUT2D eigenvalue weighted by Crippen LogP contribution is -2.46. The third kappa shape index (κ3) is 4.28. The maximum absolute atomic E-state index is 11.7. The summed E-state index contributed by atoms with van der Waals surface area (Å²) in [5, 5.41) is 11.8. The van der Waals surface area contributed by atoms with E-state index in [9.17, 15) is 14.7 Å². The van der Waals surface area contributed by atoms with E-state index in [1.165, 1.54) is 12.1 Å². The molecule has 2 N–H and O–H groups in total. The van der Waals surface area contributed by atoms with Crippen LogP contribution in [0.15, 0.2) is 24.3 Å². The van der Waals surface area contributed by atoms with Crippen LogP contribution in [0.2, 0.25) is 0 Å². The number of ether oxygens (including phenoxy) is 1. The Balaban J connectivity index is 2.89. The van der Waals surface area contributed by atoms with Gasteiger partial charge in [0.25, 0.3) is 0 Å². The molecule has 0 bridgehead atoms. The van der Waals surface area contributed by atoms with Crippen molar-refractivity contribution in [2.24, 2.45) is 0 Å². The van der Waals surface area contributed by atoms with Crippen LogP contribution in [0.3, 0.4) is 0 Å². The molecule has 0 heterocycles. The molecule has 1 rings (SSSR count). The van der Waals surface area contributed by atoms with Crippen LogP contribution in [0, 0.1) is 0 Å². The molecule has 1 aromatic rings. The number of carbonyl (C=O) groups excluding carboxylic acids is 2. The van der Waals surface area contributed by atoms with Crippen LogP contribution in [-0.2, 0) is 15.1 Å². The van der Waals surface area contributed by atoms with E-state index >= 15 is 0 Å². The highest BCUT2D eigenvalue weighted by molar-refractivity contribution is 5.77. The molecule has 0 radical (unpaired) electrons. The minimum Gasteiger partial charge on any atom is -0.508 e. The Morgan fingerprint density at radius 1 is 1.21 bits per heavy atom. The van der Waals surface area contributed by atoms with Crippen LogP contribution in [0.25, 0.3) is 0 Å². The van der Waals surface area contributed by atoms with E-state index in [1.54, 1.807) is 39.8 Å². The molecular formula is C14H19NO4. The molecule has 19 heavy (non-hydrogen) atoms. The Kier molecular flexibility index (Phi) is 4.19. The van der Waals surface area contributed by atoms with Gasteiger partial charge in [-0.3, -0.25) is 0 Å². The highest BCUT2D eigenvalue weighted by Gasteiger charge is 2.30. The summed E-state index contributed by atoms with van der Waals surface area (Å²) in [6, 6.07) is 6.05. The Bertz CT molecular complexity index is 461. The van der Waals surface area contributed by atoms with Crippen molar-refractivity contribution >= 4 is 12.4 Å². The second kappa shape index (κ2) is 5.30. The number of aldehydes is 1. The normalized spacial score (nSPS) is 14.3. The lowest BCUT2D eigenvalue weighted by Gasteiger charge is -2.27. The monoisotopic (exact) mass is 265 g/mol. The van der Waals surface area contributed by atoms with Gasteiger partial charge in [0, 0.05) is 0 Å². The summed E-state index contributed by atoms with van der Waals surface area (Å²) < 4.78 is 5.12. The number of carbonyl (C=O) groups is 2. The third-order valence-electron chi connectivity index (χ3n) is 2.46. The predicted molar refractivity (Wildman–Crippen MR) is 70.9 cm³/mol. The zero-order valence-electron chi connectivity index (χ0n) is 11.6.